The third-order valence-electron chi connectivity index (χ3n) is 1.52. The van der Waals surface area contributed by atoms with E-state index in [9.17, 15) is 9.59 Å². The fourth-order valence-electron chi connectivity index (χ4n) is 0.630. The summed E-state index contributed by atoms with van der Waals surface area (Å²) in [6.07, 6.45) is 1.54. The molecule has 0 rings (SSSR count). The first-order chi connectivity index (χ1) is 5.20. The molecule has 2 amide bonds. The van der Waals surface area contributed by atoms with Crippen molar-refractivity contribution in [1.29, 1.82) is 0 Å². The van der Waals surface area contributed by atoms with Gasteiger partial charge >= 0.3 is 0 Å². The summed E-state index contributed by atoms with van der Waals surface area (Å²) >= 11 is 0. The van der Waals surface area contributed by atoms with Crippen LogP contribution in [0.2, 0.25) is 0 Å². The van der Waals surface area contributed by atoms with E-state index in [0.29, 0.717) is 18.9 Å². The molecule has 0 aromatic rings. The van der Waals surface area contributed by atoms with Crippen molar-refractivity contribution in [1.82, 2.24) is 10.6 Å². The van der Waals surface area contributed by atoms with E-state index in [-0.39, 0.29) is 5.91 Å². The fraction of sp³-hybridized carbons (Fsp3) is 0.714. The maximum Gasteiger partial charge on any atom is 0.226 e. The fourth-order valence-corrected chi connectivity index (χ4v) is 0.630. The van der Waals surface area contributed by atoms with Gasteiger partial charge in [0.05, 0.1) is 0 Å². The molecule has 0 bridgehead atoms. The van der Waals surface area contributed by atoms with E-state index < -0.39 is 0 Å². The number of carbonyl (C=O) groups excluding carboxylic acids is 2. The highest BCUT2D eigenvalue weighted by Gasteiger charge is 2.02. The molecule has 0 saturated carbocycles. The van der Waals surface area contributed by atoms with Gasteiger partial charge < -0.3 is 5.32 Å². The van der Waals surface area contributed by atoms with Gasteiger partial charge in [0.1, 0.15) is 0 Å². The number of imide groups is 1. The topological polar surface area (TPSA) is 58.2 Å². The van der Waals surface area contributed by atoms with Crippen LogP contribution in [0.4, 0.5) is 0 Å². The SMILES string of the molecule is CNC(C)CCC(=O)NC=O. The molecular weight excluding hydrogens is 144 g/mol. The Morgan fingerprint density at radius 3 is 2.73 bits per heavy atom. The third-order valence-corrected chi connectivity index (χ3v) is 1.52. The number of amides is 2. The minimum atomic E-state index is -0.220. The Morgan fingerprint density at radius 1 is 1.64 bits per heavy atom. The van der Waals surface area contributed by atoms with Gasteiger partial charge in [-0.1, -0.05) is 0 Å². The van der Waals surface area contributed by atoms with Crippen LogP contribution in [0, 0.1) is 0 Å². The zero-order valence-electron chi connectivity index (χ0n) is 6.89. The molecule has 0 radical (unpaired) electrons. The van der Waals surface area contributed by atoms with Gasteiger partial charge in [-0.25, -0.2) is 0 Å². The van der Waals surface area contributed by atoms with Crippen LogP contribution in [-0.4, -0.2) is 25.4 Å². The van der Waals surface area contributed by atoms with E-state index in [2.05, 4.69) is 10.6 Å². The number of rotatable bonds is 5. The van der Waals surface area contributed by atoms with Crippen LogP contribution in [-0.2, 0) is 9.59 Å². The highest BCUT2D eigenvalue weighted by Crippen LogP contribution is 1.94. The molecule has 0 spiro atoms. The Hall–Kier alpha value is -0.900. The molecular formula is C7H14N2O2. The molecule has 2 N–H and O–H groups in total. The average molecular weight is 158 g/mol. The molecule has 11 heavy (non-hydrogen) atoms. The van der Waals surface area contributed by atoms with E-state index in [1.165, 1.54) is 0 Å². The first-order valence-electron chi connectivity index (χ1n) is 3.61. The van der Waals surface area contributed by atoms with Gasteiger partial charge in [-0.15, -0.1) is 0 Å². The van der Waals surface area contributed by atoms with Gasteiger partial charge in [0.25, 0.3) is 0 Å². The minimum absolute atomic E-state index is 0.220. The summed E-state index contributed by atoms with van der Waals surface area (Å²) < 4.78 is 0. The van der Waals surface area contributed by atoms with Gasteiger partial charge in [0.2, 0.25) is 12.3 Å². The van der Waals surface area contributed by atoms with Crippen molar-refractivity contribution in [3.05, 3.63) is 0 Å². The lowest BCUT2D eigenvalue weighted by molar-refractivity contribution is -0.125. The zero-order valence-corrected chi connectivity index (χ0v) is 6.89. The first kappa shape index (κ1) is 10.1. The van der Waals surface area contributed by atoms with Gasteiger partial charge in [-0.2, -0.15) is 0 Å². The van der Waals surface area contributed by atoms with Gasteiger partial charge in [-0.05, 0) is 20.4 Å². The predicted octanol–water partition coefficient (Wildman–Crippen LogP) is -0.353. The minimum Gasteiger partial charge on any atom is -0.317 e. The highest BCUT2D eigenvalue weighted by atomic mass is 16.2. The third kappa shape index (κ3) is 5.54. The largest absolute Gasteiger partial charge is 0.317 e. The lowest BCUT2D eigenvalue weighted by Crippen LogP contribution is -2.26. The summed E-state index contributed by atoms with van der Waals surface area (Å²) in [7, 11) is 1.84. The molecule has 0 saturated heterocycles. The second kappa shape index (κ2) is 5.85. The highest BCUT2D eigenvalue weighted by molar-refractivity contribution is 5.85. The molecule has 0 aliphatic carbocycles. The number of hydrogen-bond acceptors (Lipinski definition) is 3. The summed E-state index contributed by atoms with van der Waals surface area (Å²) in [6.45, 7) is 1.98. The van der Waals surface area contributed by atoms with Crippen LogP contribution in [0.5, 0.6) is 0 Å². The van der Waals surface area contributed by atoms with Crippen molar-refractivity contribution in [3.63, 3.8) is 0 Å². The summed E-state index contributed by atoms with van der Waals surface area (Å²) in [5, 5.41) is 5.07. The zero-order chi connectivity index (χ0) is 8.69. The number of hydrogen-bond donors (Lipinski definition) is 2. The smallest absolute Gasteiger partial charge is 0.226 e. The van der Waals surface area contributed by atoms with Crippen LogP contribution < -0.4 is 10.6 Å². The van der Waals surface area contributed by atoms with E-state index in [1.54, 1.807) is 0 Å². The number of nitrogens with one attached hydrogen (secondary N) is 2. The maximum atomic E-state index is 10.7. The Balaban J connectivity index is 3.37. The number of carbonyl (C=O) groups is 2. The second-order valence-electron chi connectivity index (χ2n) is 2.41. The summed E-state index contributed by atoms with van der Waals surface area (Å²) in [5.74, 6) is -0.220. The molecule has 1 unspecified atom stereocenters. The normalized spacial score (nSPS) is 12.2. The van der Waals surface area contributed by atoms with Crippen molar-refractivity contribution in [2.75, 3.05) is 7.05 Å². The van der Waals surface area contributed by atoms with E-state index in [0.717, 1.165) is 6.42 Å². The van der Waals surface area contributed by atoms with Crippen molar-refractivity contribution in [3.8, 4) is 0 Å². The van der Waals surface area contributed by atoms with Crippen LogP contribution in [0.25, 0.3) is 0 Å². The van der Waals surface area contributed by atoms with Crippen molar-refractivity contribution in [2.45, 2.75) is 25.8 Å². The lowest BCUT2D eigenvalue weighted by Gasteiger charge is -2.07. The van der Waals surface area contributed by atoms with Crippen LogP contribution >= 0.6 is 0 Å². The molecule has 0 aromatic carbocycles. The van der Waals surface area contributed by atoms with E-state index in [1.807, 2.05) is 14.0 Å². The van der Waals surface area contributed by atoms with Gasteiger partial charge in [-0.3, -0.25) is 14.9 Å². The second-order valence-corrected chi connectivity index (χ2v) is 2.41. The summed E-state index contributed by atoms with van der Waals surface area (Å²) in [4.78, 5) is 20.5. The van der Waals surface area contributed by atoms with Crippen molar-refractivity contribution in [2.24, 2.45) is 0 Å². The standard InChI is InChI=1S/C7H14N2O2/c1-6(8-2)3-4-7(11)9-5-10/h5-6,8H,3-4H2,1-2H3,(H,9,10,11). The van der Waals surface area contributed by atoms with Crippen molar-refractivity contribution < 1.29 is 9.59 Å². The molecule has 0 aliphatic heterocycles. The maximum absolute atomic E-state index is 10.7. The first-order valence-corrected chi connectivity index (χ1v) is 3.61. The van der Waals surface area contributed by atoms with Gasteiger partial charge in [0, 0.05) is 12.5 Å². The van der Waals surface area contributed by atoms with E-state index in [4.69, 9.17) is 0 Å². The molecule has 4 nitrogen and oxygen atoms in total. The van der Waals surface area contributed by atoms with Crippen LogP contribution in [0.1, 0.15) is 19.8 Å². The van der Waals surface area contributed by atoms with E-state index >= 15 is 0 Å². The molecule has 0 aliphatic rings. The van der Waals surface area contributed by atoms with Gasteiger partial charge in [0.15, 0.2) is 0 Å². The quantitative estimate of drug-likeness (QED) is 0.537. The molecule has 64 valence electrons. The molecule has 0 aromatic heterocycles. The summed E-state index contributed by atoms with van der Waals surface area (Å²) in [5.41, 5.74) is 0. The lowest BCUT2D eigenvalue weighted by atomic mass is 10.2. The monoisotopic (exact) mass is 158 g/mol. The molecule has 1 atom stereocenters. The van der Waals surface area contributed by atoms with Crippen molar-refractivity contribution >= 4 is 12.3 Å². The molecule has 0 heterocycles. The predicted molar refractivity (Wildman–Crippen MR) is 42.0 cm³/mol. The average Bonchev–Trinajstić information content (AvgIpc) is 2.01. The molecule has 0 fully saturated rings. The van der Waals surface area contributed by atoms with Crippen LogP contribution in [0.3, 0.4) is 0 Å². The Kier molecular flexibility index (Phi) is 5.37. The summed E-state index contributed by atoms with van der Waals surface area (Å²) in [6, 6.07) is 0.312. The Labute approximate surface area is 66.4 Å². The molecule has 4 heteroatoms. The Morgan fingerprint density at radius 2 is 2.27 bits per heavy atom. The Bertz CT molecular complexity index is 136. The van der Waals surface area contributed by atoms with Crippen LogP contribution in [0.15, 0.2) is 0 Å².